The molecule has 5 heteroatoms. The highest BCUT2D eigenvalue weighted by atomic mass is 16.7. The molecule has 1 saturated carbocycles. The molecule has 2 aliphatic heterocycles. The summed E-state index contributed by atoms with van der Waals surface area (Å²) in [6.07, 6.45) is 6.28. The van der Waals surface area contributed by atoms with Gasteiger partial charge in [-0.15, -0.1) is 0 Å². The van der Waals surface area contributed by atoms with Crippen molar-refractivity contribution in [3.05, 3.63) is 30.4 Å². The fourth-order valence-corrected chi connectivity index (χ4v) is 4.35. The summed E-state index contributed by atoms with van der Waals surface area (Å²) in [7, 11) is 0. The molecule has 2 heterocycles. The molecule has 4 atom stereocenters. The molecule has 5 aliphatic rings. The molecule has 2 bridgehead atoms. The zero-order chi connectivity index (χ0) is 14.8. The number of hydrogen-bond acceptors (Lipinski definition) is 4. The lowest BCUT2D eigenvalue weighted by Gasteiger charge is -2.38. The summed E-state index contributed by atoms with van der Waals surface area (Å²) in [6, 6.07) is 5.24. The number of amides is 2. The molecule has 3 aliphatic carbocycles. The fourth-order valence-electron chi connectivity index (χ4n) is 4.35. The lowest BCUT2D eigenvalue weighted by molar-refractivity contribution is -0.124. The first-order chi connectivity index (χ1) is 10.7. The highest BCUT2D eigenvalue weighted by Gasteiger charge is 2.56. The van der Waals surface area contributed by atoms with Crippen LogP contribution in [0, 0.1) is 23.7 Å². The van der Waals surface area contributed by atoms with Crippen molar-refractivity contribution in [1.29, 1.82) is 0 Å². The lowest BCUT2D eigenvalue weighted by Crippen LogP contribution is -2.38. The van der Waals surface area contributed by atoms with Crippen molar-refractivity contribution < 1.29 is 19.1 Å². The smallest absolute Gasteiger partial charge is 0.238 e. The van der Waals surface area contributed by atoms with Gasteiger partial charge in [-0.05, 0) is 36.8 Å². The SMILES string of the molecule is O=C1C2C(C(=O)N1c1ccc3c(c1)OCO3)[C@H]1C=C[C@@H]2CC1. The number of fused-ring (bicyclic) bond motifs is 2. The maximum Gasteiger partial charge on any atom is 0.238 e. The predicted octanol–water partition coefficient (Wildman–Crippen LogP) is 2.12. The van der Waals surface area contributed by atoms with Crippen molar-refractivity contribution in [1.82, 2.24) is 0 Å². The van der Waals surface area contributed by atoms with E-state index in [0.717, 1.165) is 12.8 Å². The van der Waals surface area contributed by atoms with Crippen molar-refractivity contribution in [2.24, 2.45) is 23.7 Å². The second kappa shape index (κ2) is 4.12. The van der Waals surface area contributed by atoms with Crippen molar-refractivity contribution in [2.45, 2.75) is 12.8 Å². The minimum absolute atomic E-state index is 0.0621. The summed E-state index contributed by atoms with van der Waals surface area (Å²) < 4.78 is 10.6. The van der Waals surface area contributed by atoms with Crippen LogP contribution in [0.25, 0.3) is 0 Å². The zero-order valence-electron chi connectivity index (χ0n) is 11.9. The van der Waals surface area contributed by atoms with Gasteiger partial charge in [0.15, 0.2) is 11.5 Å². The number of ether oxygens (including phenoxy) is 2. The number of nitrogens with zero attached hydrogens (tertiary/aromatic N) is 1. The number of rotatable bonds is 1. The van der Waals surface area contributed by atoms with Crippen LogP contribution in [-0.4, -0.2) is 18.6 Å². The molecule has 2 unspecified atom stereocenters. The number of allylic oxidation sites excluding steroid dienone is 2. The van der Waals surface area contributed by atoms with E-state index in [2.05, 4.69) is 12.2 Å². The maximum absolute atomic E-state index is 12.8. The lowest BCUT2D eigenvalue weighted by atomic mass is 9.63. The third-order valence-electron chi connectivity index (χ3n) is 5.37. The largest absolute Gasteiger partial charge is 0.454 e. The molecule has 112 valence electrons. The Balaban J connectivity index is 1.56. The Morgan fingerprint density at radius 2 is 1.55 bits per heavy atom. The Bertz CT molecular complexity index is 693. The second-order valence-corrected chi connectivity index (χ2v) is 6.39. The van der Waals surface area contributed by atoms with Crippen LogP contribution in [0.15, 0.2) is 30.4 Å². The number of carbonyl (C=O) groups is 2. The molecule has 1 aromatic carbocycles. The molecule has 2 fully saturated rings. The Labute approximate surface area is 127 Å². The van der Waals surface area contributed by atoms with E-state index in [0.29, 0.717) is 17.2 Å². The van der Waals surface area contributed by atoms with Crippen molar-refractivity contribution in [3.8, 4) is 11.5 Å². The summed E-state index contributed by atoms with van der Waals surface area (Å²) in [6.45, 7) is 0.181. The Kier molecular flexibility index (Phi) is 2.30. The van der Waals surface area contributed by atoms with Gasteiger partial charge >= 0.3 is 0 Å². The van der Waals surface area contributed by atoms with Crippen LogP contribution in [0.4, 0.5) is 5.69 Å². The molecule has 6 rings (SSSR count). The quantitative estimate of drug-likeness (QED) is 0.588. The van der Waals surface area contributed by atoms with Crippen LogP contribution in [0.1, 0.15) is 12.8 Å². The van der Waals surface area contributed by atoms with E-state index in [4.69, 9.17) is 9.47 Å². The Morgan fingerprint density at radius 3 is 2.18 bits per heavy atom. The van der Waals surface area contributed by atoms with E-state index in [1.807, 2.05) is 0 Å². The maximum atomic E-state index is 12.8. The number of hydrogen-bond donors (Lipinski definition) is 0. The topological polar surface area (TPSA) is 55.8 Å². The van der Waals surface area contributed by atoms with Crippen molar-refractivity contribution >= 4 is 17.5 Å². The molecular formula is C17H15NO4. The predicted molar refractivity (Wildman–Crippen MR) is 77.4 cm³/mol. The van der Waals surface area contributed by atoms with Crippen LogP contribution in [0.2, 0.25) is 0 Å². The molecule has 2 amide bonds. The van der Waals surface area contributed by atoms with Gasteiger partial charge < -0.3 is 9.47 Å². The number of anilines is 1. The van der Waals surface area contributed by atoms with Gasteiger partial charge in [0.25, 0.3) is 0 Å². The van der Waals surface area contributed by atoms with E-state index in [1.165, 1.54) is 4.90 Å². The summed E-state index contributed by atoms with van der Waals surface area (Å²) in [5, 5.41) is 0. The van der Waals surface area contributed by atoms with Crippen LogP contribution < -0.4 is 14.4 Å². The molecule has 0 N–H and O–H groups in total. The van der Waals surface area contributed by atoms with Crippen LogP contribution >= 0.6 is 0 Å². The second-order valence-electron chi connectivity index (χ2n) is 6.39. The van der Waals surface area contributed by atoms with E-state index in [1.54, 1.807) is 18.2 Å². The molecule has 1 aromatic rings. The summed E-state index contributed by atoms with van der Waals surface area (Å²) in [4.78, 5) is 27.0. The molecule has 0 aromatic heterocycles. The number of benzene rings is 1. The van der Waals surface area contributed by atoms with Crippen molar-refractivity contribution in [3.63, 3.8) is 0 Å². The number of imide groups is 1. The molecule has 0 radical (unpaired) electrons. The first-order valence-electron chi connectivity index (χ1n) is 7.70. The number of carbonyl (C=O) groups excluding carboxylic acids is 2. The standard InChI is InChI=1S/C17H15NO4/c19-16-14-9-1-2-10(4-3-9)15(14)17(20)18(16)11-5-6-12-13(7-11)22-8-21-12/h1-2,5-7,9-10,14-15H,3-4,8H2/t9-,10+,14?,15?. The summed E-state index contributed by atoms with van der Waals surface area (Å²) >= 11 is 0. The molecule has 5 nitrogen and oxygen atoms in total. The first-order valence-corrected chi connectivity index (χ1v) is 7.70. The van der Waals surface area contributed by atoms with Gasteiger partial charge in [-0.1, -0.05) is 12.2 Å². The average molecular weight is 297 g/mol. The average Bonchev–Trinajstić information content (AvgIpc) is 3.12. The fraction of sp³-hybridized carbons (Fsp3) is 0.412. The van der Waals surface area contributed by atoms with Gasteiger partial charge in [0, 0.05) is 6.07 Å². The van der Waals surface area contributed by atoms with E-state index in [9.17, 15) is 9.59 Å². The summed E-state index contributed by atoms with van der Waals surface area (Å²) in [5.74, 6) is 1.19. The molecule has 22 heavy (non-hydrogen) atoms. The van der Waals surface area contributed by atoms with Gasteiger partial charge in [-0.25, -0.2) is 4.90 Å². The monoisotopic (exact) mass is 297 g/mol. The van der Waals surface area contributed by atoms with E-state index < -0.39 is 0 Å². The van der Waals surface area contributed by atoms with Crippen LogP contribution in [0.5, 0.6) is 11.5 Å². The molecule has 0 spiro atoms. The van der Waals surface area contributed by atoms with Crippen LogP contribution in [-0.2, 0) is 9.59 Å². The first kappa shape index (κ1) is 12.3. The Morgan fingerprint density at radius 1 is 0.909 bits per heavy atom. The van der Waals surface area contributed by atoms with Gasteiger partial charge in [0.1, 0.15) is 0 Å². The van der Waals surface area contributed by atoms with E-state index >= 15 is 0 Å². The van der Waals surface area contributed by atoms with Crippen molar-refractivity contribution in [2.75, 3.05) is 11.7 Å². The van der Waals surface area contributed by atoms with Gasteiger partial charge in [-0.3, -0.25) is 9.59 Å². The third-order valence-corrected chi connectivity index (χ3v) is 5.37. The van der Waals surface area contributed by atoms with Gasteiger partial charge in [-0.2, -0.15) is 0 Å². The van der Waals surface area contributed by atoms with Crippen LogP contribution in [0.3, 0.4) is 0 Å². The summed E-state index contributed by atoms with van der Waals surface area (Å²) in [5.41, 5.74) is 0.591. The Hall–Kier alpha value is -2.30. The van der Waals surface area contributed by atoms with Gasteiger partial charge in [0.05, 0.1) is 17.5 Å². The zero-order valence-corrected chi connectivity index (χ0v) is 11.9. The van der Waals surface area contributed by atoms with E-state index in [-0.39, 0.29) is 42.3 Å². The third kappa shape index (κ3) is 1.43. The highest BCUT2D eigenvalue weighted by Crippen LogP contribution is 2.51. The molecular weight excluding hydrogens is 282 g/mol. The molecule has 1 saturated heterocycles. The normalized spacial score (nSPS) is 34.5. The highest BCUT2D eigenvalue weighted by molar-refractivity contribution is 6.22. The minimum atomic E-state index is -0.179. The van der Waals surface area contributed by atoms with Gasteiger partial charge in [0.2, 0.25) is 18.6 Å². The minimum Gasteiger partial charge on any atom is -0.454 e.